The van der Waals surface area contributed by atoms with Crippen molar-refractivity contribution in [2.45, 2.75) is 4.90 Å². The zero-order chi connectivity index (χ0) is 16.3. The van der Waals surface area contributed by atoms with Gasteiger partial charge in [-0.15, -0.1) is 0 Å². The summed E-state index contributed by atoms with van der Waals surface area (Å²) in [5.74, 6) is -3.33. The summed E-state index contributed by atoms with van der Waals surface area (Å²) >= 11 is 0. The molecule has 2 aromatic rings. The van der Waals surface area contributed by atoms with Gasteiger partial charge in [0.05, 0.1) is 12.7 Å². The second kappa shape index (κ2) is 6.10. The zero-order valence-corrected chi connectivity index (χ0v) is 12.1. The van der Waals surface area contributed by atoms with Crippen LogP contribution in [0.5, 0.6) is 5.75 Å². The van der Waals surface area contributed by atoms with Crippen LogP contribution in [-0.2, 0) is 14.9 Å². The molecule has 0 radical (unpaired) electrons. The summed E-state index contributed by atoms with van der Waals surface area (Å²) in [5, 5.41) is 0. The van der Waals surface area contributed by atoms with E-state index in [2.05, 4.69) is 4.74 Å². The number of halogens is 2. The molecule has 0 amide bonds. The first-order chi connectivity index (χ1) is 10.3. The summed E-state index contributed by atoms with van der Waals surface area (Å²) < 4.78 is 59.0. The molecule has 2 rings (SSSR count). The lowest BCUT2D eigenvalue weighted by Gasteiger charge is -2.07. The first-order valence-corrected chi connectivity index (χ1v) is 7.32. The van der Waals surface area contributed by atoms with Gasteiger partial charge in [-0.3, -0.25) is 0 Å². The van der Waals surface area contributed by atoms with Crippen molar-refractivity contribution in [1.82, 2.24) is 0 Å². The molecule has 0 heterocycles. The Morgan fingerprint density at radius 3 is 2.18 bits per heavy atom. The van der Waals surface area contributed by atoms with Crippen molar-refractivity contribution < 1.29 is 30.9 Å². The smallest absolute Gasteiger partial charge is 0.339 e. The highest BCUT2D eigenvalue weighted by Gasteiger charge is 2.18. The van der Waals surface area contributed by atoms with Crippen LogP contribution in [0.25, 0.3) is 0 Å². The third-order valence-corrected chi connectivity index (χ3v) is 3.92. The number of esters is 1. The molecule has 0 bridgehead atoms. The molecule has 22 heavy (non-hydrogen) atoms. The van der Waals surface area contributed by atoms with Crippen molar-refractivity contribution in [2.24, 2.45) is 0 Å². The van der Waals surface area contributed by atoms with Crippen LogP contribution in [-0.4, -0.2) is 21.5 Å². The second-order valence-corrected chi connectivity index (χ2v) is 5.68. The first-order valence-electron chi connectivity index (χ1n) is 5.91. The lowest BCUT2D eigenvalue weighted by molar-refractivity contribution is 0.0600. The normalized spacial score (nSPS) is 11.0. The number of methoxy groups -OCH3 is 1. The molecule has 0 unspecified atom stereocenters. The van der Waals surface area contributed by atoms with Gasteiger partial charge in [-0.25, -0.2) is 13.6 Å². The number of carbonyl (C=O) groups excluding carboxylic acids is 1. The molecule has 0 aliphatic heterocycles. The van der Waals surface area contributed by atoms with E-state index >= 15 is 0 Å². The van der Waals surface area contributed by atoms with E-state index in [-0.39, 0.29) is 16.2 Å². The Morgan fingerprint density at radius 2 is 1.64 bits per heavy atom. The third kappa shape index (κ3) is 3.40. The van der Waals surface area contributed by atoms with E-state index in [9.17, 15) is 22.0 Å². The summed E-state index contributed by atoms with van der Waals surface area (Å²) in [4.78, 5) is 11.0. The maximum absolute atomic E-state index is 13.0. The van der Waals surface area contributed by atoms with E-state index in [1.54, 1.807) is 0 Å². The van der Waals surface area contributed by atoms with Gasteiger partial charge < -0.3 is 8.92 Å². The fourth-order valence-corrected chi connectivity index (χ4v) is 2.50. The molecule has 0 saturated carbocycles. The molecule has 0 saturated heterocycles. The van der Waals surface area contributed by atoms with Gasteiger partial charge in [0, 0.05) is 6.07 Å². The number of ether oxygens (including phenoxy) is 1. The van der Waals surface area contributed by atoms with Gasteiger partial charge >= 0.3 is 16.1 Å². The van der Waals surface area contributed by atoms with E-state index < -0.39 is 27.7 Å². The quantitative estimate of drug-likeness (QED) is 0.637. The molecule has 116 valence electrons. The van der Waals surface area contributed by atoms with E-state index in [1.165, 1.54) is 19.2 Å². The maximum atomic E-state index is 13.0. The Kier molecular flexibility index (Phi) is 4.41. The van der Waals surface area contributed by atoms with Crippen LogP contribution in [0, 0.1) is 11.6 Å². The summed E-state index contributed by atoms with van der Waals surface area (Å²) in [6.07, 6.45) is 0. The van der Waals surface area contributed by atoms with Crippen molar-refractivity contribution in [3.8, 4) is 5.75 Å². The van der Waals surface area contributed by atoms with Crippen molar-refractivity contribution in [1.29, 1.82) is 0 Å². The molecule has 0 N–H and O–H groups in total. The number of benzene rings is 2. The van der Waals surface area contributed by atoms with Gasteiger partial charge in [-0.05, 0) is 36.4 Å². The SMILES string of the molecule is COC(=O)c1ccc(S(=O)(=O)Oc2ccc(F)c(F)c2)cc1. The van der Waals surface area contributed by atoms with Crippen LogP contribution in [0.3, 0.4) is 0 Å². The molecule has 0 aliphatic carbocycles. The van der Waals surface area contributed by atoms with Gasteiger partial charge in [0.2, 0.25) is 0 Å². The Hall–Kier alpha value is -2.48. The van der Waals surface area contributed by atoms with E-state index in [0.717, 1.165) is 24.3 Å². The first kappa shape index (κ1) is 15.9. The van der Waals surface area contributed by atoms with Crippen LogP contribution in [0.4, 0.5) is 8.78 Å². The van der Waals surface area contributed by atoms with Crippen LogP contribution < -0.4 is 4.18 Å². The van der Waals surface area contributed by atoms with Gasteiger partial charge in [0.15, 0.2) is 11.6 Å². The predicted molar refractivity (Wildman–Crippen MR) is 72.0 cm³/mol. The second-order valence-electron chi connectivity index (χ2n) is 4.13. The fourth-order valence-electron chi connectivity index (χ4n) is 1.58. The molecule has 8 heteroatoms. The number of rotatable bonds is 4. The summed E-state index contributed by atoms with van der Waals surface area (Å²) in [7, 11) is -3.04. The van der Waals surface area contributed by atoms with E-state index in [0.29, 0.717) is 6.07 Å². The Bertz CT molecular complexity index is 800. The number of hydrogen-bond donors (Lipinski definition) is 0. The van der Waals surface area contributed by atoms with Crippen molar-refractivity contribution >= 4 is 16.1 Å². The minimum atomic E-state index is -4.23. The van der Waals surface area contributed by atoms with Crippen molar-refractivity contribution in [2.75, 3.05) is 7.11 Å². The molecular formula is C14H10F2O5S. The average Bonchev–Trinajstić information content (AvgIpc) is 2.50. The molecule has 2 aromatic carbocycles. The van der Waals surface area contributed by atoms with Gasteiger partial charge in [0.1, 0.15) is 10.6 Å². The maximum Gasteiger partial charge on any atom is 0.339 e. The lowest BCUT2D eigenvalue weighted by atomic mass is 10.2. The van der Waals surface area contributed by atoms with Crippen molar-refractivity contribution in [3.05, 3.63) is 59.7 Å². The summed E-state index contributed by atoms with van der Waals surface area (Å²) in [6, 6.07) is 7.12. The van der Waals surface area contributed by atoms with Crippen LogP contribution in [0.1, 0.15) is 10.4 Å². The number of hydrogen-bond acceptors (Lipinski definition) is 5. The zero-order valence-electron chi connectivity index (χ0n) is 11.2. The molecule has 0 fully saturated rings. The van der Waals surface area contributed by atoms with E-state index in [1.807, 2.05) is 0 Å². The molecule has 5 nitrogen and oxygen atoms in total. The Labute approximate surface area is 125 Å². The predicted octanol–water partition coefficient (Wildman–Crippen LogP) is 2.52. The van der Waals surface area contributed by atoms with Crippen LogP contribution in [0.15, 0.2) is 47.4 Å². The Balaban J connectivity index is 2.26. The molecule has 0 aromatic heterocycles. The standard InChI is InChI=1S/C14H10F2O5S/c1-20-14(17)9-2-5-11(6-3-9)22(18,19)21-10-4-7-12(15)13(16)8-10/h2-8H,1H3. The van der Waals surface area contributed by atoms with Gasteiger partial charge in [-0.2, -0.15) is 8.42 Å². The minimum absolute atomic E-state index is 0.161. The lowest BCUT2D eigenvalue weighted by Crippen LogP contribution is -2.10. The number of carbonyl (C=O) groups is 1. The highest BCUT2D eigenvalue weighted by atomic mass is 32.2. The average molecular weight is 328 g/mol. The topological polar surface area (TPSA) is 69.7 Å². The summed E-state index contributed by atoms with van der Waals surface area (Å²) in [6.45, 7) is 0. The highest BCUT2D eigenvalue weighted by molar-refractivity contribution is 7.87. The fraction of sp³-hybridized carbons (Fsp3) is 0.0714. The minimum Gasteiger partial charge on any atom is -0.465 e. The Morgan fingerprint density at radius 1 is 1.00 bits per heavy atom. The van der Waals surface area contributed by atoms with Crippen LogP contribution in [0.2, 0.25) is 0 Å². The monoisotopic (exact) mass is 328 g/mol. The van der Waals surface area contributed by atoms with Gasteiger partial charge in [0.25, 0.3) is 0 Å². The molecule has 0 atom stereocenters. The largest absolute Gasteiger partial charge is 0.465 e. The van der Waals surface area contributed by atoms with Crippen LogP contribution >= 0.6 is 0 Å². The summed E-state index contributed by atoms with van der Waals surface area (Å²) in [5.41, 5.74) is 0.161. The van der Waals surface area contributed by atoms with E-state index in [4.69, 9.17) is 4.18 Å². The molecule has 0 spiro atoms. The molecular weight excluding hydrogens is 318 g/mol. The van der Waals surface area contributed by atoms with Gasteiger partial charge in [-0.1, -0.05) is 0 Å². The third-order valence-electron chi connectivity index (χ3n) is 2.66. The highest BCUT2D eigenvalue weighted by Crippen LogP contribution is 2.21. The van der Waals surface area contributed by atoms with Crippen molar-refractivity contribution in [3.63, 3.8) is 0 Å². The molecule has 0 aliphatic rings.